The molecule has 0 aliphatic heterocycles. The van der Waals surface area contributed by atoms with Gasteiger partial charge < -0.3 is 15.2 Å². The number of nitrogens with one attached hydrogen (secondary N) is 1. The number of carboxylic acid groups (broad SMARTS) is 1. The third-order valence-corrected chi connectivity index (χ3v) is 2.67. The summed E-state index contributed by atoms with van der Waals surface area (Å²) in [5.74, 6) is 1.04. The van der Waals surface area contributed by atoms with Crippen molar-refractivity contribution in [1.29, 1.82) is 0 Å². The molecule has 0 saturated carbocycles. The molecule has 0 fully saturated rings. The number of rotatable bonds is 7. The van der Waals surface area contributed by atoms with Gasteiger partial charge in [-0.15, -0.1) is 6.42 Å². The average Bonchev–Trinajstić information content (AvgIpc) is 2.33. The monoisotopic (exact) mass is 241 g/mol. The van der Waals surface area contributed by atoms with Gasteiger partial charge in [-0.3, -0.25) is 4.79 Å². The Morgan fingerprint density at radius 1 is 1.47 bits per heavy atom. The van der Waals surface area contributed by atoms with Gasteiger partial charge in [0.25, 0.3) is 0 Å². The summed E-state index contributed by atoms with van der Waals surface area (Å²) in [6.45, 7) is 4.81. The largest absolute Gasteiger partial charge is 0.479 e. The van der Waals surface area contributed by atoms with Gasteiger partial charge >= 0.3 is 5.97 Å². The molecular weight excluding hydrogens is 222 g/mol. The molecule has 0 aromatic heterocycles. The fraction of sp³-hybridized carbons (Fsp3) is 0.667. The summed E-state index contributed by atoms with van der Waals surface area (Å²) >= 11 is 0. The number of hydrogen-bond acceptors (Lipinski definition) is 3. The van der Waals surface area contributed by atoms with Crippen LogP contribution < -0.4 is 5.32 Å². The Bertz CT molecular complexity index is 315. The van der Waals surface area contributed by atoms with Crippen LogP contribution in [-0.2, 0) is 14.3 Å². The van der Waals surface area contributed by atoms with E-state index < -0.39 is 23.5 Å². The molecule has 0 aliphatic carbocycles. The predicted octanol–water partition coefficient (Wildman–Crippen LogP) is 0.784. The van der Waals surface area contributed by atoms with Gasteiger partial charge in [-0.1, -0.05) is 19.8 Å². The second-order valence-electron chi connectivity index (χ2n) is 3.77. The highest BCUT2D eigenvalue weighted by molar-refractivity contribution is 5.79. The van der Waals surface area contributed by atoms with Gasteiger partial charge in [0.05, 0.1) is 0 Å². The lowest BCUT2D eigenvalue weighted by Crippen LogP contribution is -2.48. The summed E-state index contributed by atoms with van der Waals surface area (Å²) in [5, 5.41) is 11.3. The first kappa shape index (κ1) is 15.5. The summed E-state index contributed by atoms with van der Waals surface area (Å²) in [6.07, 6.45) is 5.59. The van der Waals surface area contributed by atoms with E-state index in [1.165, 1.54) is 6.92 Å². The molecule has 96 valence electrons. The highest BCUT2D eigenvalue weighted by Gasteiger charge is 2.25. The molecule has 0 unspecified atom stereocenters. The third kappa shape index (κ3) is 4.87. The van der Waals surface area contributed by atoms with Crippen LogP contribution in [0, 0.1) is 12.3 Å². The summed E-state index contributed by atoms with van der Waals surface area (Å²) in [4.78, 5) is 22.0. The van der Waals surface area contributed by atoms with E-state index in [1.807, 2.05) is 13.8 Å². The van der Waals surface area contributed by atoms with Crippen LogP contribution in [-0.4, -0.2) is 35.2 Å². The van der Waals surface area contributed by atoms with Crippen molar-refractivity contribution in [2.24, 2.45) is 0 Å². The molecule has 0 rings (SSSR count). The van der Waals surface area contributed by atoms with Crippen molar-refractivity contribution in [3.05, 3.63) is 0 Å². The molecule has 0 bridgehead atoms. The molecule has 0 heterocycles. The zero-order chi connectivity index (χ0) is 13.5. The van der Waals surface area contributed by atoms with E-state index in [-0.39, 0.29) is 6.61 Å². The molecule has 0 aromatic carbocycles. The number of carbonyl (C=O) groups excluding carboxylic acids is 1. The van der Waals surface area contributed by atoms with Crippen LogP contribution in [0.15, 0.2) is 0 Å². The first-order valence-electron chi connectivity index (χ1n) is 5.54. The van der Waals surface area contributed by atoms with Gasteiger partial charge in [-0.25, -0.2) is 4.79 Å². The summed E-state index contributed by atoms with van der Waals surface area (Å²) in [5.41, 5.74) is -0.674. The Kier molecular flexibility index (Phi) is 6.29. The molecule has 1 atom stereocenters. The van der Waals surface area contributed by atoms with Gasteiger partial charge in [0.1, 0.15) is 12.1 Å². The molecular formula is C12H19NO4. The maximum atomic E-state index is 11.5. The normalized spacial score (nSPS) is 12.6. The molecule has 17 heavy (non-hydrogen) atoms. The van der Waals surface area contributed by atoms with Crippen molar-refractivity contribution in [2.75, 3.05) is 6.61 Å². The number of carboxylic acids is 1. The van der Waals surface area contributed by atoms with Crippen LogP contribution in [0.3, 0.4) is 0 Å². The Morgan fingerprint density at radius 3 is 2.35 bits per heavy atom. The van der Waals surface area contributed by atoms with E-state index in [1.54, 1.807) is 0 Å². The average molecular weight is 241 g/mol. The van der Waals surface area contributed by atoms with Crippen LogP contribution in [0.25, 0.3) is 0 Å². The fourth-order valence-electron chi connectivity index (χ4n) is 1.24. The lowest BCUT2D eigenvalue weighted by molar-refractivity contribution is -0.151. The molecule has 5 nitrogen and oxygen atoms in total. The minimum absolute atomic E-state index is 0.309. The summed E-state index contributed by atoms with van der Waals surface area (Å²) in [6, 6.07) is 0. The second-order valence-corrected chi connectivity index (χ2v) is 3.77. The smallest absolute Gasteiger partial charge is 0.332 e. The molecule has 0 spiro atoms. The molecule has 5 heteroatoms. The van der Waals surface area contributed by atoms with Gasteiger partial charge in [-0.2, -0.15) is 0 Å². The lowest BCUT2D eigenvalue weighted by Gasteiger charge is -2.27. The summed E-state index contributed by atoms with van der Waals surface area (Å²) in [7, 11) is 0. The fourth-order valence-corrected chi connectivity index (χ4v) is 1.24. The van der Waals surface area contributed by atoms with Crippen LogP contribution in [0.2, 0.25) is 0 Å². The maximum absolute atomic E-state index is 11.5. The SMILES string of the molecule is C#CC(CC)(CC)NC(=O)CO[C@@H](C)C(=O)O. The Morgan fingerprint density at radius 2 is 2.00 bits per heavy atom. The van der Waals surface area contributed by atoms with Crippen LogP contribution >= 0.6 is 0 Å². The van der Waals surface area contributed by atoms with E-state index in [0.29, 0.717) is 12.8 Å². The third-order valence-electron chi connectivity index (χ3n) is 2.67. The molecule has 1 amide bonds. The van der Waals surface area contributed by atoms with Crippen molar-refractivity contribution in [3.8, 4) is 12.3 Å². The number of carbonyl (C=O) groups is 2. The van der Waals surface area contributed by atoms with Crippen molar-refractivity contribution in [3.63, 3.8) is 0 Å². The molecule has 0 saturated heterocycles. The highest BCUT2D eigenvalue weighted by atomic mass is 16.5. The van der Waals surface area contributed by atoms with Gasteiger partial charge in [0, 0.05) is 0 Å². The van der Waals surface area contributed by atoms with E-state index in [0.717, 1.165) is 0 Å². The number of aliphatic carboxylic acids is 1. The molecule has 0 radical (unpaired) electrons. The zero-order valence-corrected chi connectivity index (χ0v) is 10.4. The minimum Gasteiger partial charge on any atom is -0.479 e. The molecule has 0 aliphatic rings. The number of hydrogen-bond donors (Lipinski definition) is 2. The topological polar surface area (TPSA) is 75.6 Å². The second kappa shape index (κ2) is 6.92. The number of amides is 1. The zero-order valence-electron chi connectivity index (χ0n) is 10.4. The van der Waals surface area contributed by atoms with E-state index in [4.69, 9.17) is 16.3 Å². The standard InChI is InChI=1S/C12H19NO4/c1-5-12(6-2,7-3)13-10(14)8-17-9(4)11(15)16/h1,9H,6-8H2,2-4H3,(H,13,14)(H,15,16)/t9-/m0/s1. The predicted molar refractivity (Wildman–Crippen MR) is 63.3 cm³/mol. The maximum Gasteiger partial charge on any atom is 0.332 e. The van der Waals surface area contributed by atoms with Crippen molar-refractivity contribution in [1.82, 2.24) is 5.32 Å². The van der Waals surface area contributed by atoms with Gasteiger partial charge in [-0.05, 0) is 19.8 Å². The number of terminal acetylenes is 1. The molecule has 0 aromatic rings. The Hall–Kier alpha value is -1.54. The van der Waals surface area contributed by atoms with Gasteiger partial charge in [0.2, 0.25) is 5.91 Å². The van der Waals surface area contributed by atoms with Crippen molar-refractivity contribution >= 4 is 11.9 Å². The highest BCUT2D eigenvalue weighted by Crippen LogP contribution is 2.13. The van der Waals surface area contributed by atoms with Crippen LogP contribution in [0.1, 0.15) is 33.6 Å². The van der Waals surface area contributed by atoms with Crippen LogP contribution in [0.4, 0.5) is 0 Å². The number of ether oxygens (including phenoxy) is 1. The van der Waals surface area contributed by atoms with Crippen LogP contribution in [0.5, 0.6) is 0 Å². The Labute approximate surface area is 102 Å². The first-order valence-corrected chi connectivity index (χ1v) is 5.54. The Balaban J connectivity index is 4.27. The van der Waals surface area contributed by atoms with Crippen molar-refractivity contribution in [2.45, 2.75) is 45.3 Å². The minimum atomic E-state index is -1.10. The summed E-state index contributed by atoms with van der Waals surface area (Å²) < 4.78 is 4.86. The van der Waals surface area contributed by atoms with E-state index >= 15 is 0 Å². The van der Waals surface area contributed by atoms with E-state index in [9.17, 15) is 9.59 Å². The first-order chi connectivity index (χ1) is 7.90. The quantitative estimate of drug-likeness (QED) is 0.646. The van der Waals surface area contributed by atoms with E-state index in [2.05, 4.69) is 11.2 Å². The lowest BCUT2D eigenvalue weighted by atomic mass is 9.94. The van der Waals surface area contributed by atoms with Crippen molar-refractivity contribution < 1.29 is 19.4 Å². The molecule has 2 N–H and O–H groups in total. The van der Waals surface area contributed by atoms with Gasteiger partial charge in [0.15, 0.2) is 6.10 Å².